The molecule has 0 heterocycles. The van der Waals surface area contributed by atoms with Crippen molar-refractivity contribution in [3.05, 3.63) is 28.8 Å². The van der Waals surface area contributed by atoms with Gasteiger partial charge in [-0.25, -0.2) is 0 Å². The Balaban J connectivity index is 0.00000441. The van der Waals surface area contributed by atoms with E-state index >= 15 is 0 Å². The third-order valence-corrected chi connectivity index (χ3v) is 3.39. The van der Waals surface area contributed by atoms with Gasteiger partial charge in [0.2, 0.25) is 0 Å². The van der Waals surface area contributed by atoms with Gasteiger partial charge in [-0.3, -0.25) is 4.99 Å². The summed E-state index contributed by atoms with van der Waals surface area (Å²) in [5.41, 5.74) is 0.756. The van der Waals surface area contributed by atoms with Gasteiger partial charge in [0.15, 0.2) is 5.96 Å². The number of rotatable bonds is 6. The summed E-state index contributed by atoms with van der Waals surface area (Å²) >= 11 is 5.95. The lowest BCUT2D eigenvalue weighted by Crippen LogP contribution is -2.45. The monoisotopic (exact) mass is 441 g/mol. The van der Waals surface area contributed by atoms with Crippen LogP contribution in [0.2, 0.25) is 5.02 Å². The minimum absolute atomic E-state index is 0. The fourth-order valence-electron chi connectivity index (χ4n) is 1.63. The number of halogens is 2. The Labute approximate surface area is 154 Å². The molecule has 126 valence electrons. The Morgan fingerprint density at radius 1 is 1.27 bits per heavy atom. The first-order valence-electron chi connectivity index (χ1n) is 6.74. The SMILES string of the molecule is CN=C(NCc1ccc(Cl)cc1OC)NCC(C)(C)OC.I. The van der Waals surface area contributed by atoms with Crippen LogP contribution in [-0.4, -0.2) is 39.4 Å². The van der Waals surface area contributed by atoms with Gasteiger partial charge in [-0.1, -0.05) is 17.7 Å². The fourth-order valence-corrected chi connectivity index (χ4v) is 1.79. The smallest absolute Gasteiger partial charge is 0.191 e. The zero-order chi connectivity index (χ0) is 15.9. The number of guanidine groups is 1. The third-order valence-electron chi connectivity index (χ3n) is 3.15. The van der Waals surface area contributed by atoms with Gasteiger partial charge in [0, 0.05) is 37.8 Å². The van der Waals surface area contributed by atoms with Crippen molar-refractivity contribution in [2.24, 2.45) is 4.99 Å². The number of hydrogen-bond acceptors (Lipinski definition) is 3. The van der Waals surface area contributed by atoms with Crippen molar-refractivity contribution in [3.8, 4) is 5.75 Å². The molecule has 0 atom stereocenters. The highest BCUT2D eigenvalue weighted by Gasteiger charge is 2.16. The van der Waals surface area contributed by atoms with E-state index in [2.05, 4.69) is 15.6 Å². The van der Waals surface area contributed by atoms with E-state index in [1.165, 1.54) is 0 Å². The van der Waals surface area contributed by atoms with Crippen molar-refractivity contribution in [3.63, 3.8) is 0 Å². The van der Waals surface area contributed by atoms with Crippen molar-refractivity contribution in [1.29, 1.82) is 0 Å². The lowest BCUT2D eigenvalue weighted by molar-refractivity contribution is 0.0268. The maximum atomic E-state index is 5.95. The van der Waals surface area contributed by atoms with E-state index in [9.17, 15) is 0 Å². The topological polar surface area (TPSA) is 54.9 Å². The average molecular weight is 442 g/mol. The van der Waals surface area contributed by atoms with Gasteiger partial charge in [0.25, 0.3) is 0 Å². The number of hydrogen-bond donors (Lipinski definition) is 2. The van der Waals surface area contributed by atoms with Crippen LogP contribution in [-0.2, 0) is 11.3 Å². The van der Waals surface area contributed by atoms with Crippen LogP contribution < -0.4 is 15.4 Å². The zero-order valence-electron chi connectivity index (χ0n) is 13.7. The standard InChI is InChI=1S/C15H24ClN3O2.HI/c1-15(2,21-5)10-19-14(17-3)18-9-11-6-7-12(16)8-13(11)20-4;/h6-8H,9-10H2,1-5H3,(H2,17,18,19);1H. The molecular formula is C15H25ClIN3O2. The van der Waals surface area contributed by atoms with Crippen LogP contribution in [0.15, 0.2) is 23.2 Å². The van der Waals surface area contributed by atoms with Crippen molar-refractivity contribution in [2.75, 3.05) is 27.8 Å². The van der Waals surface area contributed by atoms with Gasteiger partial charge in [-0.2, -0.15) is 0 Å². The summed E-state index contributed by atoms with van der Waals surface area (Å²) in [6.45, 7) is 5.26. The largest absolute Gasteiger partial charge is 0.496 e. The number of methoxy groups -OCH3 is 2. The molecule has 22 heavy (non-hydrogen) atoms. The normalized spacial score (nSPS) is 11.6. The van der Waals surface area contributed by atoms with Crippen molar-refractivity contribution < 1.29 is 9.47 Å². The van der Waals surface area contributed by atoms with E-state index in [1.807, 2.05) is 26.0 Å². The maximum absolute atomic E-state index is 5.95. The molecule has 0 saturated carbocycles. The van der Waals surface area contributed by atoms with Gasteiger partial charge in [0.05, 0.1) is 12.7 Å². The predicted molar refractivity (Wildman–Crippen MR) is 103 cm³/mol. The van der Waals surface area contributed by atoms with E-state index in [-0.39, 0.29) is 29.6 Å². The van der Waals surface area contributed by atoms with E-state index < -0.39 is 0 Å². The second-order valence-corrected chi connectivity index (χ2v) is 5.64. The number of nitrogens with one attached hydrogen (secondary N) is 2. The summed E-state index contributed by atoms with van der Waals surface area (Å²) in [5, 5.41) is 7.12. The molecule has 7 heteroatoms. The Hall–Kier alpha value is -0.730. The first-order valence-corrected chi connectivity index (χ1v) is 7.11. The first kappa shape index (κ1) is 21.3. The van der Waals surface area contributed by atoms with E-state index in [1.54, 1.807) is 27.3 Å². The van der Waals surface area contributed by atoms with Crippen molar-refractivity contribution >= 4 is 41.5 Å². The van der Waals surface area contributed by atoms with E-state index in [0.717, 1.165) is 11.3 Å². The van der Waals surface area contributed by atoms with E-state index in [0.29, 0.717) is 24.1 Å². The number of benzene rings is 1. The molecular weight excluding hydrogens is 417 g/mol. The molecule has 1 aromatic carbocycles. The highest BCUT2D eigenvalue weighted by atomic mass is 127. The lowest BCUT2D eigenvalue weighted by atomic mass is 10.1. The van der Waals surface area contributed by atoms with Crippen LogP contribution in [0.5, 0.6) is 5.75 Å². The van der Waals surface area contributed by atoms with Crippen LogP contribution in [0.25, 0.3) is 0 Å². The minimum atomic E-state index is -0.254. The van der Waals surface area contributed by atoms with E-state index in [4.69, 9.17) is 21.1 Å². The van der Waals surface area contributed by atoms with Gasteiger partial charge in [0.1, 0.15) is 5.75 Å². The molecule has 2 N–H and O–H groups in total. The Morgan fingerprint density at radius 3 is 2.50 bits per heavy atom. The molecule has 0 aliphatic rings. The third kappa shape index (κ3) is 7.02. The Kier molecular flexibility index (Phi) is 9.79. The summed E-state index contributed by atoms with van der Waals surface area (Å²) in [5.74, 6) is 1.46. The number of nitrogens with zero attached hydrogens (tertiary/aromatic N) is 1. The zero-order valence-corrected chi connectivity index (χ0v) is 16.8. The van der Waals surface area contributed by atoms with Crippen LogP contribution in [0, 0.1) is 0 Å². The second-order valence-electron chi connectivity index (χ2n) is 5.20. The highest BCUT2D eigenvalue weighted by Crippen LogP contribution is 2.22. The molecule has 0 aliphatic heterocycles. The summed E-state index contributed by atoms with van der Waals surface area (Å²) < 4.78 is 10.7. The summed E-state index contributed by atoms with van der Waals surface area (Å²) in [6.07, 6.45) is 0. The Bertz CT molecular complexity index is 496. The molecule has 0 bridgehead atoms. The fraction of sp³-hybridized carbons (Fsp3) is 0.533. The predicted octanol–water partition coefficient (Wildman–Crippen LogP) is 3.06. The molecule has 1 rings (SSSR count). The second kappa shape index (κ2) is 10.1. The molecule has 0 unspecified atom stereocenters. The highest BCUT2D eigenvalue weighted by molar-refractivity contribution is 14.0. The Morgan fingerprint density at radius 2 is 1.95 bits per heavy atom. The molecule has 0 aromatic heterocycles. The molecule has 0 spiro atoms. The van der Waals surface area contributed by atoms with Crippen LogP contribution in [0.3, 0.4) is 0 Å². The molecule has 5 nitrogen and oxygen atoms in total. The lowest BCUT2D eigenvalue weighted by Gasteiger charge is -2.24. The van der Waals surface area contributed by atoms with Gasteiger partial charge in [-0.15, -0.1) is 24.0 Å². The van der Waals surface area contributed by atoms with Crippen LogP contribution >= 0.6 is 35.6 Å². The molecule has 0 fully saturated rings. The summed E-state index contributed by atoms with van der Waals surface area (Å²) in [4.78, 5) is 4.19. The molecule has 0 amide bonds. The molecule has 0 saturated heterocycles. The summed E-state index contributed by atoms with van der Waals surface area (Å²) in [7, 11) is 5.05. The van der Waals surface area contributed by atoms with Gasteiger partial charge < -0.3 is 20.1 Å². The van der Waals surface area contributed by atoms with Gasteiger partial charge in [-0.05, 0) is 26.0 Å². The maximum Gasteiger partial charge on any atom is 0.191 e. The molecule has 0 aliphatic carbocycles. The van der Waals surface area contributed by atoms with Gasteiger partial charge >= 0.3 is 0 Å². The summed E-state index contributed by atoms with van der Waals surface area (Å²) in [6, 6.07) is 5.56. The minimum Gasteiger partial charge on any atom is -0.496 e. The number of ether oxygens (including phenoxy) is 2. The molecule has 1 aromatic rings. The quantitative estimate of drug-likeness (QED) is 0.405. The number of aliphatic imine (C=N–C) groups is 1. The first-order chi connectivity index (χ1) is 9.91. The van der Waals surface area contributed by atoms with Crippen molar-refractivity contribution in [1.82, 2.24) is 10.6 Å². The van der Waals surface area contributed by atoms with Crippen LogP contribution in [0.4, 0.5) is 0 Å². The van der Waals surface area contributed by atoms with Crippen molar-refractivity contribution in [2.45, 2.75) is 26.0 Å². The average Bonchev–Trinajstić information content (AvgIpc) is 2.48. The van der Waals surface area contributed by atoms with Crippen LogP contribution in [0.1, 0.15) is 19.4 Å². The molecule has 0 radical (unpaired) electrons.